The molecule has 1 aromatic carbocycles. The Kier molecular flexibility index (Phi) is 8.87. The third kappa shape index (κ3) is 6.60. The third-order valence-corrected chi connectivity index (χ3v) is 5.44. The van der Waals surface area contributed by atoms with Crippen LogP contribution >= 0.6 is 24.8 Å². The van der Waals surface area contributed by atoms with Crippen molar-refractivity contribution in [2.75, 3.05) is 0 Å². The molecule has 0 spiro atoms. The molecule has 0 atom stereocenters. The van der Waals surface area contributed by atoms with E-state index in [0.717, 1.165) is 12.2 Å². The second-order valence-corrected chi connectivity index (χ2v) is 9.91. The molecule has 24 heavy (non-hydrogen) atoms. The molecule has 1 aromatic rings. The Labute approximate surface area is 169 Å². The molecule has 0 radical (unpaired) electrons. The maximum atomic E-state index is 6.19. The first-order chi connectivity index (χ1) is 10.1. The molecule has 0 heterocycles. The summed E-state index contributed by atoms with van der Waals surface area (Å²) in [5.74, 6) is 1.04. The van der Waals surface area contributed by atoms with E-state index in [4.69, 9.17) is 3.32 Å². The van der Waals surface area contributed by atoms with Crippen LogP contribution in [0.15, 0.2) is 39.8 Å². The number of hydrogen-bond acceptors (Lipinski definition) is 1. The van der Waals surface area contributed by atoms with Crippen LogP contribution in [0.2, 0.25) is 0 Å². The molecule has 1 nitrogen and oxygen atoms in total. The van der Waals surface area contributed by atoms with Crippen molar-refractivity contribution in [3.8, 4) is 5.75 Å². The SMILES string of the molecule is Cc1cc([O][Ti][C]2=CC(C(C)(C)C)=CC2)cc(C(C)(C)C)c1.Cl.Cl. The molecule has 0 aliphatic heterocycles. The van der Waals surface area contributed by atoms with Gasteiger partial charge in [0, 0.05) is 0 Å². The Morgan fingerprint density at radius 1 is 0.917 bits per heavy atom. The van der Waals surface area contributed by atoms with Gasteiger partial charge in [-0.2, -0.15) is 0 Å². The molecule has 134 valence electrons. The van der Waals surface area contributed by atoms with Crippen LogP contribution in [0.3, 0.4) is 0 Å². The zero-order valence-corrected chi connectivity index (χ0v) is 19.0. The molecule has 1 aliphatic rings. The van der Waals surface area contributed by atoms with Gasteiger partial charge in [-0.1, -0.05) is 0 Å². The molecule has 4 heteroatoms. The number of hydrogen-bond donors (Lipinski definition) is 0. The average molecular weight is 405 g/mol. The summed E-state index contributed by atoms with van der Waals surface area (Å²) in [6.07, 6.45) is 5.80. The summed E-state index contributed by atoms with van der Waals surface area (Å²) in [5, 5.41) is 0. The summed E-state index contributed by atoms with van der Waals surface area (Å²) in [7, 11) is 0. The van der Waals surface area contributed by atoms with Crippen molar-refractivity contribution in [3.05, 3.63) is 50.9 Å². The average Bonchev–Trinajstić information content (AvgIpc) is 2.83. The van der Waals surface area contributed by atoms with Crippen LogP contribution in [-0.2, 0) is 25.0 Å². The largest absolute Gasteiger partial charge is 0.147 e. The van der Waals surface area contributed by atoms with Gasteiger partial charge in [0.25, 0.3) is 0 Å². The number of allylic oxidation sites excluding steroid dienone is 4. The molecule has 0 unspecified atom stereocenters. The minimum Gasteiger partial charge on any atom is -0.147 e. The zero-order chi connectivity index (χ0) is 16.5. The smallest absolute Gasteiger partial charge is 0.147 e. The maximum absolute atomic E-state index is 6.19. The molecule has 0 bridgehead atoms. The Morgan fingerprint density at radius 3 is 2.04 bits per heavy atom. The summed E-state index contributed by atoms with van der Waals surface area (Å²) >= 11 is -0.532. The summed E-state index contributed by atoms with van der Waals surface area (Å²) < 4.78 is 7.68. The molecule has 0 saturated carbocycles. The van der Waals surface area contributed by atoms with Gasteiger partial charge in [0.2, 0.25) is 0 Å². The summed E-state index contributed by atoms with van der Waals surface area (Å²) in [6.45, 7) is 15.7. The van der Waals surface area contributed by atoms with E-state index in [9.17, 15) is 0 Å². The van der Waals surface area contributed by atoms with Crippen LogP contribution in [0.25, 0.3) is 0 Å². The minimum absolute atomic E-state index is 0. The van der Waals surface area contributed by atoms with Crippen molar-refractivity contribution in [1.29, 1.82) is 0 Å². The van der Waals surface area contributed by atoms with Gasteiger partial charge in [0.15, 0.2) is 0 Å². The Morgan fingerprint density at radius 2 is 1.54 bits per heavy atom. The fourth-order valence-corrected chi connectivity index (χ4v) is 3.68. The van der Waals surface area contributed by atoms with Crippen molar-refractivity contribution in [1.82, 2.24) is 0 Å². The van der Waals surface area contributed by atoms with Crippen molar-refractivity contribution in [2.24, 2.45) is 5.41 Å². The third-order valence-electron chi connectivity index (χ3n) is 3.95. The number of aryl methyl sites for hydroxylation is 1. The molecule has 2 rings (SSSR count). The van der Waals surface area contributed by atoms with E-state index in [1.807, 2.05) is 0 Å². The van der Waals surface area contributed by atoms with Crippen molar-refractivity contribution in [2.45, 2.75) is 60.3 Å². The van der Waals surface area contributed by atoms with Crippen LogP contribution in [-0.4, -0.2) is 0 Å². The van der Waals surface area contributed by atoms with Crippen LogP contribution < -0.4 is 3.32 Å². The van der Waals surface area contributed by atoms with Crippen molar-refractivity contribution >= 4 is 24.8 Å². The van der Waals surface area contributed by atoms with E-state index in [1.54, 1.807) is 0 Å². The molecular weight excluding hydrogens is 375 g/mol. The summed E-state index contributed by atoms with van der Waals surface area (Å²) in [6, 6.07) is 6.64. The molecule has 0 aromatic heterocycles. The second kappa shape index (κ2) is 8.94. The van der Waals surface area contributed by atoms with Crippen molar-refractivity contribution in [3.63, 3.8) is 0 Å². The minimum atomic E-state index is -0.532. The van der Waals surface area contributed by atoms with Crippen LogP contribution in [0.4, 0.5) is 0 Å². The molecule has 0 saturated heterocycles. The molecule has 0 amide bonds. The summed E-state index contributed by atoms with van der Waals surface area (Å²) in [5.41, 5.74) is 4.49. The van der Waals surface area contributed by atoms with Crippen LogP contribution in [0, 0.1) is 12.3 Å². The monoisotopic (exact) mass is 404 g/mol. The van der Waals surface area contributed by atoms with E-state index in [1.165, 1.54) is 20.6 Å². The molecule has 0 fully saturated rings. The van der Waals surface area contributed by atoms with Gasteiger partial charge in [-0.15, -0.1) is 24.8 Å². The van der Waals surface area contributed by atoms with Gasteiger partial charge in [-0.25, -0.2) is 0 Å². The van der Waals surface area contributed by atoms with Gasteiger partial charge in [-0.3, -0.25) is 0 Å². The summed E-state index contributed by atoms with van der Waals surface area (Å²) in [4.78, 5) is 0. The predicted octanol–water partition coefficient (Wildman–Crippen LogP) is 6.77. The van der Waals surface area contributed by atoms with Crippen LogP contribution in [0.1, 0.15) is 59.1 Å². The first-order valence-electron chi connectivity index (χ1n) is 8.02. The zero-order valence-electron chi connectivity index (χ0n) is 15.8. The Balaban J connectivity index is 0.00000264. The van der Waals surface area contributed by atoms with E-state index in [2.05, 4.69) is 78.8 Å². The van der Waals surface area contributed by atoms with Gasteiger partial charge < -0.3 is 0 Å². The topological polar surface area (TPSA) is 9.23 Å². The normalized spacial score (nSPS) is 14.1. The van der Waals surface area contributed by atoms with Gasteiger partial charge in [-0.05, 0) is 0 Å². The predicted molar refractivity (Wildman–Crippen MR) is 105 cm³/mol. The fourth-order valence-electron chi connectivity index (χ4n) is 2.48. The van der Waals surface area contributed by atoms with E-state index in [0.29, 0.717) is 0 Å². The first kappa shape index (κ1) is 23.8. The maximum Gasteiger partial charge on any atom is -0.147 e. The van der Waals surface area contributed by atoms with Crippen molar-refractivity contribution < 1.29 is 22.9 Å². The Bertz CT molecular complexity index is 620. The van der Waals surface area contributed by atoms with Gasteiger partial charge >= 0.3 is 145 Å². The molecule has 1 aliphatic carbocycles. The first-order valence-corrected chi connectivity index (χ1v) is 9.44. The number of benzene rings is 1. The van der Waals surface area contributed by atoms with E-state index >= 15 is 0 Å². The van der Waals surface area contributed by atoms with E-state index in [-0.39, 0.29) is 35.6 Å². The van der Waals surface area contributed by atoms with Crippen LogP contribution in [0.5, 0.6) is 5.75 Å². The van der Waals surface area contributed by atoms with E-state index < -0.39 is 19.5 Å². The number of rotatable bonds is 3. The van der Waals surface area contributed by atoms with Gasteiger partial charge in [0.1, 0.15) is 0 Å². The standard InChI is InChI=1S/C11H16O.C9H13.2ClH.Ti/c1-8-5-9(11(2,3)4)7-10(12)6-8;1-9(2,3)8-6-4-5-7-8;;;/h5-7,12H,1-4H3;6-7H,4H2,1-3H3;2*1H;/q;;;;+1/p-1. The Hall–Kier alpha value is -0.206. The van der Waals surface area contributed by atoms with Gasteiger partial charge in [0.05, 0.1) is 0 Å². The molecular formula is C20H30Cl2OTi. The number of halogens is 2. The fraction of sp³-hybridized carbons (Fsp3) is 0.500. The second-order valence-electron chi connectivity index (χ2n) is 8.27. The molecule has 0 N–H and O–H groups in total. The quantitative estimate of drug-likeness (QED) is 0.504.